The van der Waals surface area contributed by atoms with Gasteiger partial charge >= 0.3 is 5.97 Å². The highest BCUT2D eigenvalue weighted by Crippen LogP contribution is 2.23. The first kappa shape index (κ1) is 15.9. The lowest BCUT2D eigenvalue weighted by molar-refractivity contribution is -0.141. The van der Waals surface area contributed by atoms with Gasteiger partial charge in [-0.15, -0.1) is 11.8 Å². The maximum Gasteiger partial charge on any atom is 0.308 e. The van der Waals surface area contributed by atoms with Gasteiger partial charge in [0.1, 0.15) is 0 Å². The molecular formula is C16H21NO3S. The van der Waals surface area contributed by atoms with Crippen LogP contribution in [-0.4, -0.2) is 40.7 Å². The third-order valence-electron chi connectivity index (χ3n) is 3.95. The van der Waals surface area contributed by atoms with Crippen LogP contribution in [0.3, 0.4) is 0 Å². The van der Waals surface area contributed by atoms with Crippen molar-refractivity contribution in [3.8, 4) is 0 Å². The van der Waals surface area contributed by atoms with E-state index < -0.39 is 5.97 Å². The van der Waals surface area contributed by atoms with E-state index in [1.54, 1.807) is 16.7 Å². The van der Waals surface area contributed by atoms with Crippen LogP contribution in [0.2, 0.25) is 0 Å². The third-order valence-corrected chi connectivity index (χ3v) is 4.95. The van der Waals surface area contributed by atoms with Gasteiger partial charge in [-0.2, -0.15) is 0 Å². The Morgan fingerprint density at radius 3 is 2.71 bits per heavy atom. The molecule has 1 saturated heterocycles. The van der Waals surface area contributed by atoms with E-state index in [-0.39, 0.29) is 11.8 Å². The highest BCUT2D eigenvalue weighted by atomic mass is 32.2. The second kappa shape index (κ2) is 6.98. The van der Waals surface area contributed by atoms with Crippen molar-refractivity contribution in [1.82, 2.24) is 4.90 Å². The molecule has 1 aromatic rings. The van der Waals surface area contributed by atoms with Crippen molar-refractivity contribution < 1.29 is 14.7 Å². The minimum absolute atomic E-state index is 0.0649. The zero-order valence-electron chi connectivity index (χ0n) is 12.5. The number of aliphatic carboxylic acids is 1. The van der Waals surface area contributed by atoms with Crippen molar-refractivity contribution >= 4 is 23.6 Å². The van der Waals surface area contributed by atoms with Crippen LogP contribution in [0, 0.1) is 19.8 Å². The number of hydrogen-bond donors (Lipinski definition) is 1. The smallest absolute Gasteiger partial charge is 0.308 e. The van der Waals surface area contributed by atoms with Crippen LogP contribution in [0.5, 0.6) is 0 Å². The highest BCUT2D eigenvalue weighted by Gasteiger charge is 2.30. The molecule has 2 rings (SSSR count). The molecule has 1 amide bonds. The van der Waals surface area contributed by atoms with Gasteiger partial charge in [-0.05, 0) is 43.5 Å². The van der Waals surface area contributed by atoms with Gasteiger partial charge in [0.2, 0.25) is 5.91 Å². The van der Waals surface area contributed by atoms with Gasteiger partial charge in [0.15, 0.2) is 0 Å². The molecule has 1 aliphatic heterocycles. The van der Waals surface area contributed by atoms with Crippen molar-refractivity contribution in [3.05, 3.63) is 29.3 Å². The predicted molar refractivity (Wildman–Crippen MR) is 83.6 cm³/mol. The van der Waals surface area contributed by atoms with E-state index in [1.165, 1.54) is 16.0 Å². The minimum Gasteiger partial charge on any atom is -0.481 e. The number of carboxylic acids is 1. The zero-order valence-corrected chi connectivity index (χ0v) is 13.3. The fourth-order valence-corrected chi connectivity index (χ4v) is 3.34. The zero-order chi connectivity index (χ0) is 15.4. The lowest BCUT2D eigenvalue weighted by Crippen LogP contribution is -2.30. The maximum absolute atomic E-state index is 12.0. The molecule has 5 heteroatoms. The third kappa shape index (κ3) is 4.24. The molecule has 1 heterocycles. The summed E-state index contributed by atoms with van der Waals surface area (Å²) in [4.78, 5) is 25.8. The Labute approximate surface area is 129 Å². The summed E-state index contributed by atoms with van der Waals surface area (Å²) in [6, 6.07) is 6.31. The first-order chi connectivity index (χ1) is 9.97. The average Bonchev–Trinajstić information content (AvgIpc) is 2.92. The second-order valence-electron chi connectivity index (χ2n) is 5.51. The van der Waals surface area contributed by atoms with Gasteiger partial charge in [-0.1, -0.05) is 6.07 Å². The van der Waals surface area contributed by atoms with Gasteiger partial charge in [0.05, 0.1) is 5.92 Å². The van der Waals surface area contributed by atoms with Crippen LogP contribution in [0.15, 0.2) is 23.1 Å². The van der Waals surface area contributed by atoms with E-state index >= 15 is 0 Å². The lowest BCUT2D eigenvalue weighted by atomic mass is 10.1. The Hall–Kier alpha value is -1.49. The Bertz CT molecular complexity index is 544. The normalized spacial score (nSPS) is 18.0. The van der Waals surface area contributed by atoms with Crippen LogP contribution in [0.25, 0.3) is 0 Å². The summed E-state index contributed by atoms with van der Waals surface area (Å²) in [5, 5.41) is 8.94. The van der Waals surface area contributed by atoms with Gasteiger partial charge in [-0.25, -0.2) is 0 Å². The van der Waals surface area contributed by atoms with Gasteiger partial charge in [-0.3, -0.25) is 9.59 Å². The number of hydrogen-bond acceptors (Lipinski definition) is 3. The topological polar surface area (TPSA) is 57.6 Å². The van der Waals surface area contributed by atoms with Gasteiger partial charge in [0.25, 0.3) is 0 Å². The fourth-order valence-electron chi connectivity index (χ4n) is 2.41. The number of carbonyl (C=O) groups is 2. The van der Waals surface area contributed by atoms with Crippen LogP contribution in [0.1, 0.15) is 24.0 Å². The van der Waals surface area contributed by atoms with Gasteiger partial charge in [0, 0.05) is 30.2 Å². The number of aryl methyl sites for hydroxylation is 2. The van der Waals surface area contributed by atoms with E-state index in [0.29, 0.717) is 25.9 Å². The van der Waals surface area contributed by atoms with Crippen molar-refractivity contribution in [3.63, 3.8) is 0 Å². The number of thioether (sulfide) groups is 1. The number of likely N-dealkylation sites (tertiary alicyclic amines) is 1. The van der Waals surface area contributed by atoms with Crippen LogP contribution in [-0.2, 0) is 9.59 Å². The van der Waals surface area contributed by atoms with E-state index in [2.05, 4.69) is 32.0 Å². The first-order valence-corrected chi connectivity index (χ1v) is 8.16. The first-order valence-electron chi connectivity index (χ1n) is 7.18. The molecule has 0 spiro atoms. The summed E-state index contributed by atoms with van der Waals surface area (Å²) < 4.78 is 0. The molecular weight excluding hydrogens is 286 g/mol. The molecule has 0 saturated carbocycles. The standard InChI is InChI=1S/C16H21NO3S/c1-11-3-4-14(9-12(11)2)21-8-6-15(18)17-7-5-13(10-17)16(19)20/h3-4,9,13H,5-8,10H2,1-2H3,(H,19,20). The summed E-state index contributed by atoms with van der Waals surface area (Å²) >= 11 is 1.67. The Balaban J connectivity index is 1.77. The average molecular weight is 307 g/mol. The van der Waals surface area contributed by atoms with E-state index in [1.807, 2.05) is 0 Å². The van der Waals surface area contributed by atoms with E-state index in [9.17, 15) is 9.59 Å². The molecule has 4 nitrogen and oxygen atoms in total. The summed E-state index contributed by atoms with van der Waals surface area (Å²) in [6.07, 6.45) is 1.04. The van der Waals surface area contributed by atoms with Crippen molar-refractivity contribution in [2.45, 2.75) is 31.6 Å². The molecule has 114 valence electrons. The number of carbonyl (C=O) groups excluding carboxylic acids is 1. The molecule has 0 aliphatic carbocycles. The number of rotatable bonds is 5. The van der Waals surface area contributed by atoms with Crippen LogP contribution < -0.4 is 0 Å². The fraction of sp³-hybridized carbons (Fsp3) is 0.500. The number of carboxylic acid groups (broad SMARTS) is 1. The number of benzene rings is 1. The Kier molecular flexibility index (Phi) is 5.28. The molecule has 1 N–H and O–H groups in total. The monoisotopic (exact) mass is 307 g/mol. The number of amides is 1. The maximum atomic E-state index is 12.0. The molecule has 1 unspecified atom stereocenters. The summed E-state index contributed by atoms with van der Waals surface area (Å²) in [7, 11) is 0. The largest absolute Gasteiger partial charge is 0.481 e. The van der Waals surface area contributed by atoms with Crippen LogP contribution in [0.4, 0.5) is 0 Å². The van der Waals surface area contributed by atoms with Crippen LogP contribution >= 0.6 is 11.8 Å². The molecule has 0 bridgehead atoms. The highest BCUT2D eigenvalue weighted by molar-refractivity contribution is 7.99. The summed E-state index contributed by atoms with van der Waals surface area (Å²) in [5.74, 6) is -0.388. The van der Waals surface area contributed by atoms with Crippen molar-refractivity contribution in [1.29, 1.82) is 0 Å². The molecule has 1 atom stereocenters. The number of nitrogens with zero attached hydrogens (tertiary/aromatic N) is 1. The van der Waals surface area contributed by atoms with E-state index in [4.69, 9.17) is 5.11 Å². The quantitative estimate of drug-likeness (QED) is 0.850. The molecule has 1 aliphatic rings. The van der Waals surface area contributed by atoms with Crippen molar-refractivity contribution in [2.24, 2.45) is 5.92 Å². The lowest BCUT2D eigenvalue weighted by Gasteiger charge is -2.15. The molecule has 0 radical (unpaired) electrons. The van der Waals surface area contributed by atoms with Crippen molar-refractivity contribution in [2.75, 3.05) is 18.8 Å². The Morgan fingerprint density at radius 2 is 2.10 bits per heavy atom. The second-order valence-corrected chi connectivity index (χ2v) is 6.68. The SMILES string of the molecule is Cc1ccc(SCCC(=O)N2CCC(C(=O)O)C2)cc1C. The van der Waals surface area contributed by atoms with E-state index in [0.717, 1.165) is 5.75 Å². The summed E-state index contributed by atoms with van der Waals surface area (Å²) in [6.45, 7) is 5.10. The van der Waals surface area contributed by atoms with Gasteiger partial charge < -0.3 is 10.0 Å². The summed E-state index contributed by atoms with van der Waals surface area (Å²) in [5.41, 5.74) is 2.53. The molecule has 0 aromatic heterocycles. The molecule has 1 fully saturated rings. The predicted octanol–water partition coefficient (Wildman–Crippen LogP) is 2.72. The molecule has 21 heavy (non-hydrogen) atoms. The molecule has 1 aromatic carbocycles. The minimum atomic E-state index is -0.796. The Morgan fingerprint density at radius 1 is 1.33 bits per heavy atom.